The lowest BCUT2D eigenvalue weighted by Crippen LogP contribution is -2.52. The summed E-state index contributed by atoms with van der Waals surface area (Å²) in [5.74, 6) is 1.39. The SMILES string of the molecule is O=C1CCC(N2Cc3cc(C4CCN(Cc5ccc6c(c5)OCCCO6)CC4)ccc3C2=O)C(=O)N1. The number of amides is 3. The molecule has 8 nitrogen and oxygen atoms in total. The minimum Gasteiger partial charge on any atom is -0.490 e. The number of carbonyl (C=O) groups excluding carboxylic acids is 3. The Labute approximate surface area is 210 Å². The maximum Gasteiger partial charge on any atom is 0.255 e. The average molecular weight is 490 g/mol. The molecule has 0 saturated carbocycles. The van der Waals surface area contributed by atoms with E-state index in [1.165, 1.54) is 11.1 Å². The van der Waals surface area contributed by atoms with Gasteiger partial charge < -0.3 is 14.4 Å². The van der Waals surface area contributed by atoms with Crippen LogP contribution in [-0.2, 0) is 22.7 Å². The summed E-state index contributed by atoms with van der Waals surface area (Å²) in [7, 11) is 0. The fourth-order valence-corrected chi connectivity index (χ4v) is 5.84. The van der Waals surface area contributed by atoms with E-state index in [1.54, 1.807) is 4.90 Å². The lowest BCUT2D eigenvalue weighted by molar-refractivity contribution is -0.136. The maximum absolute atomic E-state index is 13.0. The molecule has 2 aromatic carbocycles. The first-order valence-electron chi connectivity index (χ1n) is 12.9. The topological polar surface area (TPSA) is 88.2 Å². The molecule has 0 aliphatic carbocycles. The zero-order valence-electron chi connectivity index (χ0n) is 20.3. The van der Waals surface area contributed by atoms with Crippen molar-refractivity contribution in [2.75, 3.05) is 26.3 Å². The summed E-state index contributed by atoms with van der Waals surface area (Å²) in [6.07, 6.45) is 3.69. The number of piperidine rings is 2. The fourth-order valence-electron chi connectivity index (χ4n) is 5.84. The van der Waals surface area contributed by atoms with Crippen molar-refractivity contribution in [3.05, 3.63) is 58.7 Å². The van der Waals surface area contributed by atoms with Crippen LogP contribution < -0.4 is 14.8 Å². The standard InChI is InChI=1S/C28H31N3O5/c32-26-7-5-23(27(33)29-26)31-17-21-15-20(3-4-22(21)28(31)34)19-8-10-30(11-9-19)16-18-2-6-24-25(14-18)36-13-1-12-35-24/h2-4,6,14-15,19,23H,1,5,7-13,16-17H2,(H,29,32,33). The van der Waals surface area contributed by atoms with Gasteiger partial charge in [0.25, 0.3) is 5.91 Å². The number of hydrogen-bond donors (Lipinski definition) is 1. The molecule has 1 N–H and O–H groups in total. The van der Waals surface area contributed by atoms with Gasteiger partial charge in [0.15, 0.2) is 11.5 Å². The summed E-state index contributed by atoms with van der Waals surface area (Å²) < 4.78 is 11.6. The average Bonchev–Trinajstić information content (AvgIpc) is 3.04. The van der Waals surface area contributed by atoms with Crippen molar-refractivity contribution in [3.8, 4) is 11.5 Å². The summed E-state index contributed by atoms with van der Waals surface area (Å²) in [4.78, 5) is 40.9. The van der Waals surface area contributed by atoms with E-state index < -0.39 is 6.04 Å². The Morgan fingerprint density at radius 3 is 2.53 bits per heavy atom. The number of benzene rings is 2. The molecule has 0 bridgehead atoms. The van der Waals surface area contributed by atoms with Gasteiger partial charge in [-0.1, -0.05) is 18.2 Å². The van der Waals surface area contributed by atoms with E-state index in [2.05, 4.69) is 34.5 Å². The van der Waals surface area contributed by atoms with Crippen LogP contribution >= 0.6 is 0 Å². The van der Waals surface area contributed by atoms with Gasteiger partial charge in [0.2, 0.25) is 11.8 Å². The molecule has 4 heterocycles. The van der Waals surface area contributed by atoms with E-state index in [-0.39, 0.29) is 24.1 Å². The minimum atomic E-state index is -0.570. The van der Waals surface area contributed by atoms with Crippen LogP contribution in [0.5, 0.6) is 11.5 Å². The molecule has 4 aliphatic heterocycles. The predicted octanol–water partition coefficient (Wildman–Crippen LogP) is 2.99. The second kappa shape index (κ2) is 9.58. The second-order valence-electron chi connectivity index (χ2n) is 10.2. The van der Waals surface area contributed by atoms with Gasteiger partial charge in [-0.15, -0.1) is 0 Å². The third-order valence-corrected chi connectivity index (χ3v) is 7.82. The zero-order valence-corrected chi connectivity index (χ0v) is 20.3. The number of carbonyl (C=O) groups is 3. The number of rotatable bonds is 4. The molecule has 4 aliphatic rings. The largest absolute Gasteiger partial charge is 0.490 e. The van der Waals surface area contributed by atoms with Crippen LogP contribution in [0.2, 0.25) is 0 Å². The third-order valence-electron chi connectivity index (χ3n) is 7.82. The van der Waals surface area contributed by atoms with E-state index in [0.29, 0.717) is 37.7 Å². The lowest BCUT2D eigenvalue weighted by atomic mass is 9.87. The van der Waals surface area contributed by atoms with E-state index in [0.717, 1.165) is 56.0 Å². The number of imide groups is 1. The quantitative estimate of drug-likeness (QED) is 0.665. The van der Waals surface area contributed by atoms with Crippen LogP contribution in [0.4, 0.5) is 0 Å². The Bertz CT molecular complexity index is 1200. The number of hydrogen-bond acceptors (Lipinski definition) is 6. The summed E-state index contributed by atoms with van der Waals surface area (Å²) >= 11 is 0. The summed E-state index contributed by atoms with van der Waals surface area (Å²) in [6.45, 7) is 4.74. The van der Waals surface area contributed by atoms with Crippen LogP contribution in [0.15, 0.2) is 36.4 Å². The molecule has 0 radical (unpaired) electrons. The van der Waals surface area contributed by atoms with Gasteiger partial charge in [-0.05, 0) is 73.2 Å². The van der Waals surface area contributed by atoms with Gasteiger partial charge in [0, 0.05) is 31.5 Å². The van der Waals surface area contributed by atoms with E-state index >= 15 is 0 Å². The predicted molar refractivity (Wildman–Crippen MR) is 132 cm³/mol. The summed E-state index contributed by atoms with van der Waals surface area (Å²) in [5, 5.41) is 2.37. The zero-order chi connectivity index (χ0) is 24.6. The van der Waals surface area contributed by atoms with Gasteiger partial charge >= 0.3 is 0 Å². The van der Waals surface area contributed by atoms with Gasteiger partial charge in [0.05, 0.1) is 13.2 Å². The highest BCUT2D eigenvalue weighted by Crippen LogP contribution is 2.35. The summed E-state index contributed by atoms with van der Waals surface area (Å²) in [5.41, 5.74) is 4.16. The van der Waals surface area contributed by atoms with E-state index in [9.17, 15) is 14.4 Å². The molecule has 1 unspecified atom stereocenters. The highest BCUT2D eigenvalue weighted by molar-refractivity contribution is 6.05. The first kappa shape index (κ1) is 23.0. The van der Waals surface area contributed by atoms with Crippen LogP contribution in [-0.4, -0.2) is 59.9 Å². The van der Waals surface area contributed by atoms with Crippen molar-refractivity contribution in [2.45, 2.75) is 57.2 Å². The number of nitrogens with zero attached hydrogens (tertiary/aromatic N) is 2. The molecule has 3 amide bonds. The second-order valence-corrected chi connectivity index (χ2v) is 10.2. The molecule has 0 aromatic heterocycles. The molecule has 1 atom stereocenters. The van der Waals surface area contributed by atoms with Gasteiger partial charge in [-0.25, -0.2) is 0 Å². The molecule has 2 saturated heterocycles. The number of nitrogens with one attached hydrogen (secondary N) is 1. The molecule has 2 aromatic rings. The molecule has 36 heavy (non-hydrogen) atoms. The smallest absolute Gasteiger partial charge is 0.255 e. The Morgan fingerprint density at radius 2 is 1.72 bits per heavy atom. The Kier molecular flexibility index (Phi) is 6.13. The molecule has 188 valence electrons. The highest BCUT2D eigenvalue weighted by Gasteiger charge is 2.39. The minimum absolute atomic E-state index is 0.115. The third kappa shape index (κ3) is 4.46. The van der Waals surface area contributed by atoms with Crippen molar-refractivity contribution in [3.63, 3.8) is 0 Å². The van der Waals surface area contributed by atoms with Crippen molar-refractivity contribution in [1.82, 2.24) is 15.1 Å². The molecular formula is C28H31N3O5. The first-order valence-corrected chi connectivity index (χ1v) is 12.9. The Hall–Kier alpha value is -3.39. The van der Waals surface area contributed by atoms with Crippen LogP contribution in [0.3, 0.4) is 0 Å². The molecule has 2 fully saturated rings. The van der Waals surface area contributed by atoms with Crippen molar-refractivity contribution in [2.24, 2.45) is 0 Å². The molecule has 0 spiro atoms. The van der Waals surface area contributed by atoms with Gasteiger partial charge in [-0.2, -0.15) is 0 Å². The normalized spacial score (nSPS) is 22.8. The van der Waals surface area contributed by atoms with Crippen LogP contribution in [0.1, 0.15) is 65.1 Å². The van der Waals surface area contributed by atoms with Crippen molar-refractivity contribution in [1.29, 1.82) is 0 Å². The van der Waals surface area contributed by atoms with Gasteiger partial charge in [-0.3, -0.25) is 24.6 Å². The summed E-state index contributed by atoms with van der Waals surface area (Å²) in [6, 6.07) is 11.8. The van der Waals surface area contributed by atoms with Gasteiger partial charge in [0.1, 0.15) is 6.04 Å². The monoisotopic (exact) mass is 489 g/mol. The van der Waals surface area contributed by atoms with Crippen LogP contribution in [0, 0.1) is 0 Å². The molecule has 6 rings (SSSR count). The highest BCUT2D eigenvalue weighted by atomic mass is 16.5. The number of likely N-dealkylation sites (tertiary alicyclic amines) is 1. The Morgan fingerprint density at radius 1 is 0.917 bits per heavy atom. The Balaban J connectivity index is 1.08. The van der Waals surface area contributed by atoms with Crippen LogP contribution in [0.25, 0.3) is 0 Å². The maximum atomic E-state index is 13.0. The molecular weight excluding hydrogens is 458 g/mol. The van der Waals surface area contributed by atoms with Crippen molar-refractivity contribution >= 4 is 17.7 Å². The van der Waals surface area contributed by atoms with Crippen molar-refractivity contribution < 1.29 is 23.9 Å². The number of fused-ring (bicyclic) bond motifs is 2. The van der Waals surface area contributed by atoms with E-state index in [1.807, 2.05) is 12.1 Å². The van der Waals surface area contributed by atoms with E-state index in [4.69, 9.17) is 9.47 Å². The number of ether oxygens (including phenoxy) is 2. The molecule has 8 heteroatoms. The first-order chi connectivity index (χ1) is 17.5. The lowest BCUT2D eigenvalue weighted by Gasteiger charge is -2.32. The fraction of sp³-hybridized carbons (Fsp3) is 0.464.